The molecular formula is C17H18N4O3. The largest absolute Gasteiger partial charge is 0.454 e. The van der Waals surface area contributed by atoms with Gasteiger partial charge in [-0.05, 0) is 23.8 Å². The summed E-state index contributed by atoms with van der Waals surface area (Å²) < 4.78 is 10.7. The molecule has 2 aliphatic heterocycles. The van der Waals surface area contributed by atoms with Crippen LogP contribution in [-0.2, 0) is 11.2 Å². The normalized spacial score (nSPS) is 16.3. The van der Waals surface area contributed by atoms with Gasteiger partial charge in [-0.1, -0.05) is 6.07 Å². The molecule has 2 aromatic rings. The van der Waals surface area contributed by atoms with E-state index in [1.807, 2.05) is 23.1 Å². The van der Waals surface area contributed by atoms with E-state index in [-0.39, 0.29) is 12.7 Å². The highest BCUT2D eigenvalue weighted by molar-refractivity contribution is 5.79. The number of carbonyl (C=O) groups excluding carboxylic acids is 1. The van der Waals surface area contributed by atoms with E-state index in [4.69, 9.17) is 9.47 Å². The van der Waals surface area contributed by atoms with Crippen molar-refractivity contribution in [2.24, 2.45) is 0 Å². The zero-order chi connectivity index (χ0) is 16.4. The molecular weight excluding hydrogens is 308 g/mol. The van der Waals surface area contributed by atoms with Gasteiger partial charge >= 0.3 is 0 Å². The number of piperazine rings is 1. The third kappa shape index (κ3) is 2.97. The van der Waals surface area contributed by atoms with Crippen molar-refractivity contribution < 1.29 is 14.3 Å². The number of hydrogen-bond donors (Lipinski definition) is 0. The molecule has 0 N–H and O–H groups in total. The quantitative estimate of drug-likeness (QED) is 0.841. The lowest BCUT2D eigenvalue weighted by Crippen LogP contribution is -2.49. The van der Waals surface area contributed by atoms with Gasteiger partial charge < -0.3 is 19.3 Å². The summed E-state index contributed by atoms with van der Waals surface area (Å²) in [5.74, 6) is 2.30. The number of anilines is 1. The summed E-state index contributed by atoms with van der Waals surface area (Å²) in [6.45, 7) is 3.10. The highest BCUT2D eigenvalue weighted by Crippen LogP contribution is 2.32. The minimum Gasteiger partial charge on any atom is -0.454 e. The van der Waals surface area contributed by atoms with Gasteiger partial charge in [0.05, 0.1) is 6.42 Å². The molecule has 7 nitrogen and oxygen atoms in total. The van der Waals surface area contributed by atoms with Crippen LogP contribution in [0, 0.1) is 0 Å². The molecule has 1 fully saturated rings. The van der Waals surface area contributed by atoms with Gasteiger partial charge in [-0.15, -0.1) is 0 Å². The molecule has 24 heavy (non-hydrogen) atoms. The molecule has 1 amide bonds. The van der Waals surface area contributed by atoms with Crippen molar-refractivity contribution in [3.63, 3.8) is 0 Å². The maximum atomic E-state index is 12.5. The third-order valence-corrected chi connectivity index (χ3v) is 4.26. The van der Waals surface area contributed by atoms with Crippen LogP contribution in [0.1, 0.15) is 5.56 Å². The lowest BCUT2D eigenvalue weighted by Gasteiger charge is -2.34. The van der Waals surface area contributed by atoms with Gasteiger partial charge in [-0.2, -0.15) is 0 Å². The van der Waals surface area contributed by atoms with Gasteiger partial charge in [0, 0.05) is 38.6 Å². The van der Waals surface area contributed by atoms with Crippen molar-refractivity contribution in [3.8, 4) is 11.5 Å². The second kappa shape index (κ2) is 6.35. The zero-order valence-corrected chi connectivity index (χ0v) is 13.2. The minimum atomic E-state index is 0.127. The molecule has 1 aromatic carbocycles. The smallest absolute Gasteiger partial charge is 0.231 e. The first-order valence-electron chi connectivity index (χ1n) is 7.98. The Kier molecular flexibility index (Phi) is 3.90. The van der Waals surface area contributed by atoms with Crippen LogP contribution in [0.15, 0.2) is 36.7 Å². The van der Waals surface area contributed by atoms with E-state index < -0.39 is 0 Å². The van der Waals surface area contributed by atoms with Gasteiger partial charge in [-0.3, -0.25) is 4.79 Å². The number of benzene rings is 1. The van der Waals surface area contributed by atoms with Crippen molar-refractivity contribution in [2.45, 2.75) is 6.42 Å². The van der Waals surface area contributed by atoms with Crippen LogP contribution in [0.25, 0.3) is 0 Å². The van der Waals surface area contributed by atoms with E-state index in [0.29, 0.717) is 25.3 Å². The molecule has 0 spiro atoms. The SMILES string of the molecule is O=C(Cc1ccc2c(c1)OCO2)N1CCN(c2ncccn2)CC1. The van der Waals surface area contributed by atoms with Crippen LogP contribution in [0.2, 0.25) is 0 Å². The molecule has 1 saturated heterocycles. The third-order valence-electron chi connectivity index (χ3n) is 4.26. The summed E-state index contributed by atoms with van der Waals surface area (Å²) in [5, 5.41) is 0. The number of nitrogens with zero attached hydrogens (tertiary/aromatic N) is 4. The van der Waals surface area contributed by atoms with Crippen LogP contribution < -0.4 is 14.4 Å². The van der Waals surface area contributed by atoms with E-state index in [1.54, 1.807) is 18.5 Å². The summed E-state index contributed by atoms with van der Waals surface area (Å²) in [6, 6.07) is 7.46. The van der Waals surface area contributed by atoms with Gasteiger partial charge in [0.15, 0.2) is 11.5 Å². The first-order chi connectivity index (χ1) is 11.8. The van der Waals surface area contributed by atoms with Gasteiger partial charge in [0.2, 0.25) is 18.6 Å². The minimum absolute atomic E-state index is 0.127. The fraction of sp³-hybridized carbons (Fsp3) is 0.353. The number of carbonyl (C=O) groups is 1. The molecule has 0 radical (unpaired) electrons. The predicted molar refractivity (Wildman–Crippen MR) is 87.1 cm³/mol. The van der Waals surface area contributed by atoms with Crippen molar-refractivity contribution in [3.05, 3.63) is 42.2 Å². The number of hydrogen-bond acceptors (Lipinski definition) is 6. The highest BCUT2D eigenvalue weighted by Gasteiger charge is 2.23. The monoisotopic (exact) mass is 326 g/mol. The summed E-state index contributed by atoms with van der Waals surface area (Å²) in [5.41, 5.74) is 0.943. The number of ether oxygens (including phenoxy) is 2. The molecule has 2 aliphatic rings. The summed E-state index contributed by atoms with van der Waals surface area (Å²) in [6.07, 6.45) is 3.84. The average molecular weight is 326 g/mol. The fourth-order valence-electron chi connectivity index (χ4n) is 2.95. The van der Waals surface area contributed by atoms with Crippen LogP contribution in [0.5, 0.6) is 11.5 Å². The maximum absolute atomic E-state index is 12.5. The van der Waals surface area contributed by atoms with Crippen molar-refractivity contribution in [2.75, 3.05) is 37.9 Å². The Morgan fingerprint density at radius 3 is 2.58 bits per heavy atom. The zero-order valence-electron chi connectivity index (χ0n) is 13.2. The molecule has 0 aliphatic carbocycles. The number of aromatic nitrogens is 2. The van der Waals surface area contributed by atoms with Crippen LogP contribution in [-0.4, -0.2) is 53.7 Å². The van der Waals surface area contributed by atoms with E-state index in [9.17, 15) is 4.79 Å². The van der Waals surface area contributed by atoms with Crippen LogP contribution in [0.4, 0.5) is 5.95 Å². The lowest BCUT2D eigenvalue weighted by atomic mass is 10.1. The second-order valence-corrected chi connectivity index (χ2v) is 5.78. The highest BCUT2D eigenvalue weighted by atomic mass is 16.7. The molecule has 0 saturated carbocycles. The van der Waals surface area contributed by atoms with Gasteiger partial charge in [0.1, 0.15) is 0 Å². The molecule has 0 atom stereocenters. The summed E-state index contributed by atoms with van der Waals surface area (Å²) in [7, 11) is 0. The molecule has 1 aromatic heterocycles. The van der Waals surface area contributed by atoms with Crippen molar-refractivity contribution in [1.29, 1.82) is 0 Å². The molecule has 124 valence electrons. The van der Waals surface area contributed by atoms with Crippen LogP contribution in [0.3, 0.4) is 0 Å². The van der Waals surface area contributed by atoms with Gasteiger partial charge in [0.25, 0.3) is 0 Å². The Labute approximate surface area is 139 Å². The maximum Gasteiger partial charge on any atom is 0.231 e. The Bertz CT molecular complexity index is 730. The van der Waals surface area contributed by atoms with Crippen LogP contribution >= 0.6 is 0 Å². The average Bonchev–Trinajstić information content (AvgIpc) is 3.10. The number of amides is 1. The molecule has 0 unspecified atom stereocenters. The molecule has 4 rings (SSSR count). The topological polar surface area (TPSA) is 67.8 Å². The molecule has 0 bridgehead atoms. The van der Waals surface area contributed by atoms with E-state index >= 15 is 0 Å². The van der Waals surface area contributed by atoms with Gasteiger partial charge in [-0.25, -0.2) is 9.97 Å². The van der Waals surface area contributed by atoms with Crippen molar-refractivity contribution >= 4 is 11.9 Å². The number of fused-ring (bicyclic) bond motifs is 1. The first kappa shape index (κ1) is 14.7. The van der Waals surface area contributed by atoms with E-state index in [2.05, 4.69) is 14.9 Å². The Morgan fingerprint density at radius 2 is 1.79 bits per heavy atom. The Balaban J connectivity index is 1.35. The second-order valence-electron chi connectivity index (χ2n) is 5.78. The van der Waals surface area contributed by atoms with E-state index in [1.165, 1.54) is 0 Å². The molecule has 3 heterocycles. The Morgan fingerprint density at radius 1 is 1.04 bits per heavy atom. The molecule has 7 heteroatoms. The van der Waals surface area contributed by atoms with Crippen molar-refractivity contribution in [1.82, 2.24) is 14.9 Å². The fourth-order valence-corrected chi connectivity index (χ4v) is 2.95. The standard InChI is InChI=1S/C17H18N4O3/c22-16(11-13-2-3-14-15(10-13)24-12-23-14)20-6-8-21(9-7-20)17-18-4-1-5-19-17/h1-5,10H,6-9,11-12H2. The number of rotatable bonds is 3. The first-order valence-corrected chi connectivity index (χ1v) is 7.98. The van der Waals surface area contributed by atoms with E-state index in [0.717, 1.165) is 30.4 Å². The summed E-state index contributed by atoms with van der Waals surface area (Å²) >= 11 is 0. The lowest BCUT2D eigenvalue weighted by molar-refractivity contribution is -0.130. The predicted octanol–water partition coefficient (Wildman–Crippen LogP) is 1.10. The Hall–Kier alpha value is -2.83. The summed E-state index contributed by atoms with van der Waals surface area (Å²) in [4.78, 5) is 25.0.